The summed E-state index contributed by atoms with van der Waals surface area (Å²) in [5, 5.41) is 2.37. The van der Waals surface area contributed by atoms with Gasteiger partial charge in [0.05, 0.1) is 12.5 Å². The number of para-hydroxylation sites is 1. The van der Waals surface area contributed by atoms with Gasteiger partial charge in [-0.15, -0.1) is 0 Å². The van der Waals surface area contributed by atoms with Gasteiger partial charge in [0.1, 0.15) is 16.9 Å². The third-order valence-corrected chi connectivity index (χ3v) is 7.80. The highest BCUT2D eigenvalue weighted by atomic mass is 16.5. The molecule has 2 heteroatoms. The van der Waals surface area contributed by atoms with E-state index in [4.69, 9.17) is 9.15 Å². The lowest BCUT2D eigenvalue weighted by molar-refractivity contribution is 0.414. The summed E-state index contributed by atoms with van der Waals surface area (Å²) < 4.78 is 12.0. The molecule has 1 spiro atoms. The summed E-state index contributed by atoms with van der Waals surface area (Å²) in [6.45, 7) is 0. The molecule has 160 valence electrons. The van der Waals surface area contributed by atoms with E-state index in [-0.39, 0.29) is 5.41 Å². The van der Waals surface area contributed by atoms with Gasteiger partial charge in [0, 0.05) is 10.8 Å². The van der Waals surface area contributed by atoms with Crippen molar-refractivity contribution in [2.24, 2.45) is 0 Å². The van der Waals surface area contributed by atoms with Crippen LogP contribution in [0.4, 0.5) is 0 Å². The average molecular weight is 437 g/mol. The molecule has 0 saturated carbocycles. The van der Waals surface area contributed by atoms with Crippen molar-refractivity contribution in [1.29, 1.82) is 0 Å². The van der Waals surface area contributed by atoms with Crippen LogP contribution < -0.4 is 4.74 Å². The van der Waals surface area contributed by atoms with Crippen molar-refractivity contribution in [3.8, 4) is 28.0 Å². The highest BCUT2D eigenvalue weighted by molar-refractivity contribution is 6.16. The Labute approximate surface area is 197 Å². The Balaban J connectivity index is 1.63. The van der Waals surface area contributed by atoms with Gasteiger partial charge in [-0.05, 0) is 68.8 Å². The quantitative estimate of drug-likeness (QED) is 0.261. The molecule has 1 aromatic heterocycles. The summed E-state index contributed by atoms with van der Waals surface area (Å²) in [6.07, 6.45) is 0. The molecule has 1 unspecified atom stereocenters. The number of hydrogen-bond donors (Lipinski definition) is 0. The van der Waals surface area contributed by atoms with Crippen LogP contribution in [0.1, 0.15) is 22.3 Å². The van der Waals surface area contributed by atoms with E-state index < -0.39 is 0 Å². The van der Waals surface area contributed by atoms with E-state index in [0.717, 1.165) is 16.9 Å². The standard InChI is InChI=1S/C32H20O2/c1-33-19-14-15-21-20-8-2-5-11-24(20)32(27(21)18-19)25-12-6-3-9-22(25)30-26(32)16-17-29-31(30)23-10-4-7-13-28(23)34-29/h2-18H,1H3. The highest BCUT2D eigenvalue weighted by Gasteiger charge is 2.52. The van der Waals surface area contributed by atoms with Crippen LogP contribution in [0.3, 0.4) is 0 Å². The smallest absolute Gasteiger partial charge is 0.136 e. The molecule has 1 atom stereocenters. The van der Waals surface area contributed by atoms with Crippen LogP contribution in [0.2, 0.25) is 0 Å². The van der Waals surface area contributed by atoms with Gasteiger partial charge in [0.2, 0.25) is 0 Å². The summed E-state index contributed by atoms with van der Waals surface area (Å²) in [5.41, 5.74) is 11.8. The molecular formula is C32H20O2. The molecule has 1 heterocycles. The number of rotatable bonds is 1. The molecule has 2 nitrogen and oxygen atoms in total. The molecule has 0 saturated heterocycles. The van der Waals surface area contributed by atoms with Crippen molar-refractivity contribution in [2.75, 3.05) is 7.11 Å². The fourth-order valence-electron chi connectivity index (χ4n) is 6.55. The first-order valence-electron chi connectivity index (χ1n) is 11.7. The van der Waals surface area contributed by atoms with Gasteiger partial charge >= 0.3 is 0 Å². The van der Waals surface area contributed by atoms with Gasteiger partial charge in [-0.25, -0.2) is 0 Å². The van der Waals surface area contributed by atoms with E-state index in [9.17, 15) is 0 Å². The second kappa shape index (κ2) is 6.18. The number of ether oxygens (including phenoxy) is 1. The van der Waals surface area contributed by atoms with Gasteiger partial charge < -0.3 is 9.15 Å². The van der Waals surface area contributed by atoms with Crippen molar-refractivity contribution in [3.05, 3.63) is 125 Å². The maximum Gasteiger partial charge on any atom is 0.136 e. The molecule has 0 amide bonds. The Morgan fingerprint density at radius 2 is 1.29 bits per heavy atom. The number of fused-ring (bicyclic) bond motifs is 14. The molecule has 8 rings (SSSR count). The number of hydrogen-bond acceptors (Lipinski definition) is 2. The van der Waals surface area contributed by atoms with Crippen LogP contribution in [0.25, 0.3) is 44.2 Å². The maximum atomic E-state index is 6.30. The van der Waals surface area contributed by atoms with E-state index >= 15 is 0 Å². The van der Waals surface area contributed by atoms with E-state index in [0.29, 0.717) is 0 Å². The maximum absolute atomic E-state index is 6.30. The number of benzene rings is 5. The lowest BCUT2D eigenvalue weighted by atomic mass is 9.70. The second-order valence-electron chi connectivity index (χ2n) is 9.21. The summed E-state index contributed by atoms with van der Waals surface area (Å²) in [5.74, 6) is 0.881. The third kappa shape index (κ3) is 1.95. The van der Waals surface area contributed by atoms with Crippen molar-refractivity contribution < 1.29 is 9.15 Å². The Hall–Kier alpha value is -4.30. The largest absolute Gasteiger partial charge is 0.497 e. The number of methoxy groups -OCH3 is 1. The zero-order valence-electron chi connectivity index (χ0n) is 18.6. The summed E-state index contributed by atoms with van der Waals surface area (Å²) >= 11 is 0. The monoisotopic (exact) mass is 436 g/mol. The van der Waals surface area contributed by atoms with E-state index in [1.165, 1.54) is 55.3 Å². The molecular weight excluding hydrogens is 416 g/mol. The Morgan fingerprint density at radius 3 is 2.15 bits per heavy atom. The van der Waals surface area contributed by atoms with Crippen LogP contribution in [0.5, 0.6) is 5.75 Å². The minimum atomic E-state index is -0.390. The van der Waals surface area contributed by atoms with E-state index in [1.807, 2.05) is 6.07 Å². The van der Waals surface area contributed by atoms with Gasteiger partial charge in [0.15, 0.2) is 0 Å². The minimum absolute atomic E-state index is 0.390. The fraction of sp³-hybridized carbons (Fsp3) is 0.0625. The third-order valence-electron chi connectivity index (χ3n) is 7.80. The molecule has 0 bridgehead atoms. The zero-order valence-corrected chi connectivity index (χ0v) is 18.6. The van der Waals surface area contributed by atoms with E-state index in [2.05, 4.69) is 97.1 Å². The van der Waals surface area contributed by atoms with Gasteiger partial charge in [-0.3, -0.25) is 0 Å². The topological polar surface area (TPSA) is 22.4 Å². The normalized spacial score (nSPS) is 17.1. The van der Waals surface area contributed by atoms with Gasteiger partial charge in [-0.2, -0.15) is 0 Å². The Kier molecular flexibility index (Phi) is 3.30. The number of furan rings is 1. The molecule has 2 aliphatic rings. The van der Waals surface area contributed by atoms with Crippen molar-refractivity contribution in [3.63, 3.8) is 0 Å². The fourth-order valence-corrected chi connectivity index (χ4v) is 6.55. The summed E-state index contributed by atoms with van der Waals surface area (Å²) in [6, 6.07) is 37.1. The predicted octanol–water partition coefficient (Wildman–Crippen LogP) is 7.94. The highest BCUT2D eigenvalue weighted by Crippen LogP contribution is 2.64. The van der Waals surface area contributed by atoms with E-state index in [1.54, 1.807) is 7.11 Å². The van der Waals surface area contributed by atoms with Crippen LogP contribution >= 0.6 is 0 Å². The minimum Gasteiger partial charge on any atom is -0.497 e. The Bertz CT molecular complexity index is 1810. The van der Waals surface area contributed by atoms with Gasteiger partial charge in [-0.1, -0.05) is 78.9 Å². The molecule has 0 N–H and O–H groups in total. The average Bonchev–Trinajstić information content (AvgIpc) is 3.52. The van der Waals surface area contributed by atoms with Crippen LogP contribution in [-0.4, -0.2) is 7.11 Å². The lowest BCUT2D eigenvalue weighted by Crippen LogP contribution is -2.25. The molecule has 6 aromatic rings. The van der Waals surface area contributed by atoms with Crippen molar-refractivity contribution >= 4 is 21.9 Å². The first-order valence-corrected chi connectivity index (χ1v) is 11.7. The first kappa shape index (κ1) is 18.2. The second-order valence-corrected chi connectivity index (χ2v) is 9.21. The molecule has 2 aliphatic carbocycles. The summed E-state index contributed by atoms with van der Waals surface area (Å²) in [4.78, 5) is 0. The van der Waals surface area contributed by atoms with Crippen molar-refractivity contribution in [2.45, 2.75) is 5.41 Å². The molecule has 0 fully saturated rings. The Morgan fingerprint density at radius 1 is 0.588 bits per heavy atom. The van der Waals surface area contributed by atoms with Crippen LogP contribution in [-0.2, 0) is 5.41 Å². The predicted molar refractivity (Wildman–Crippen MR) is 137 cm³/mol. The molecule has 0 radical (unpaired) electrons. The summed E-state index contributed by atoms with van der Waals surface area (Å²) in [7, 11) is 1.74. The molecule has 5 aromatic carbocycles. The lowest BCUT2D eigenvalue weighted by Gasteiger charge is -2.30. The molecule has 34 heavy (non-hydrogen) atoms. The van der Waals surface area contributed by atoms with Crippen molar-refractivity contribution in [1.82, 2.24) is 0 Å². The SMILES string of the molecule is COc1ccc2c(c1)C1(c3ccccc3-2)c2ccccc2-c2c1ccc1oc3ccccc3c21. The van der Waals surface area contributed by atoms with Gasteiger partial charge in [0.25, 0.3) is 0 Å². The zero-order chi connectivity index (χ0) is 22.4. The van der Waals surface area contributed by atoms with Crippen LogP contribution in [0, 0.1) is 0 Å². The molecule has 0 aliphatic heterocycles. The van der Waals surface area contributed by atoms with Crippen LogP contribution in [0.15, 0.2) is 108 Å². The first-order chi connectivity index (χ1) is 16.8.